The number of rotatable bonds is 4. The summed E-state index contributed by atoms with van der Waals surface area (Å²) in [5, 5.41) is 4.12. The lowest BCUT2D eigenvalue weighted by molar-refractivity contribution is 0.584. The van der Waals surface area contributed by atoms with Gasteiger partial charge in [0.05, 0.1) is 16.8 Å². The molecular weight excluding hydrogens is 286 g/mol. The van der Waals surface area contributed by atoms with Crippen LogP contribution in [0.15, 0.2) is 58.7 Å². The average Bonchev–Trinajstić information content (AvgIpc) is 2.40. The molecule has 0 saturated heterocycles. The van der Waals surface area contributed by atoms with E-state index in [1.54, 1.807) is 24.4 Å². The van der Waals surface area contributed by atoms with Gasteiger partial charge in [-0.3, -0.25) is 4.98 Å². The minimum Gasteiger partial charge on any atom is -0.255 e. The summed E-state index contributed by atoms with van der Waals surface area (Å²) in [5.41, 5.74) is 0.557. The Bertz CT molecular complexity index is 670. The molecule has 0 radical (unpaired) electrons. The molecule has 0 bridgehead atoms. The number of halogens is 1. The van der Waals surface area contributed by atoms with E-state index in [1.807, 2.05) is 0 Å². The second kappa shape index (κ2) is 5.81. The summed E-state index contributed by atoms with van der Waals surface area (Å²) >= 11 is 5.69. The summed E-state index contributed by atoms with van der Waals surface area (Å²) in [7, 11) is -3.68. The summed E-state index contributed by atoms with van der Waals surface area (Å²) < 4.78 is 23.7. The van der Waals surface area contributed by atoms with E-state index in [0.29, 0.717) is 10.7 Å². The van der Waals surface area contributed by atoms with Gasteiger partial charge in [-0.2, -0.15) is 13.5 Å². The van der Waals surface area contributed by atoms with E-state index in [1.165, 1.54) is 30.5 Å². The summed E-state index contributed by atoms with van der Waals surface area (Å²) in [6.07, 6.45) is 2.92. The number of hydrogen-bond donors (Lipinski definition) is 1. The Kier molecular flexibility index (Phi) is 4.13. The van der Waals surface area contributed by atoms with Gasteiger partial charge in [0.15, 0.2) is 0 Å². The molecule has 19 heavy (non-hydrogen) atoms. The van der Waals surface area contributed by atoms with Crippen LogP contribution in [-0.2, 0) is 10.0 Å². The third kappa shape index (κ3) is 3.77. The van der Waals surface area contributed by atoms with Gasteiger partial charge in [-0.05, 0) is 36.4 Å². The second-order valence-corrected chi connectivity index (χ2v) is 5.66. The van der Waals surface area contributed by atoms with Crippen molar-refractivity contribution in [2.75, 3.05) is 0 Å². The molecular formula is C12H10ClN3O2S. The van der Waals surface area contributed by atoms with Crippen LogP contribution in [-0.4, -0.2) is 19.6 Å². The van der Waals surface area contributed by atoms with Crippen LogP contribution < -0.4 is 4.83 Å². The average molecular weight is 296 g/mol. The lowest BCUT2D eigenvalue weighted by Crippen LogP contribution is -2.18. The van der Waals surface area contributed by atoms with Gasteiger partial charge in [0.25, 0.3) is 10.0 Å². The molecule has 0 amide bonds. The molecule has 0 unspecified atom stereocenters. The fourth-order valence-corrected chi connectivity index (χ4v) is 2.20. The fourth-order valence-electron chi connectivity index (χ4n) is 1.28. The van der Waals surface area contributed by atoms with Crippen molar-refractivity contribution < 1.29 is 8.42 Å². The van der Waals surface area contributed by atoms with Crippen molar-refractivity contribution >= 4 is 27.8 Å². The van der Waals surface area contributed by atoms with Crippen LogP contribution in [0, 0.1) is 0 Å². The van der Waals surface area contributed by atoms with Crippen LogP contribution in [0.1, 0.15) is 5.69 Å². The number of pyridine rings is 1. The molecule has 0 aliphatic carbocycles. The molecule has 2 rings (SSSR count). The monoisotopic (exact) mass is 295 g/mol. The van der Waals surface area contributed by atoms with Gasteiger partial charge in [-0.15, -0.1) is 0 Å². The number of sulfonamides is 1. The van der Waals surface area contributed by atoms with E-state index < -0.39 is 10.0 Å². The van der Waals surface area contributed by atoms with E-state index in [2.05, 4.69) is 14.9 Å². The molecule has 0 aliphatic rings. The fraction of sp³-hybridized carbons (Fsp3) is 0. The Balaban J connectivity index is 2.10. The molecule has 0 atom stereocenters. The molecule has 0 spiro atoms. The maximum Gasteiger partial charge on any atom is 0.276 e. The zero-order valence-corrected chi connectivity index (χ0v) is 11.3. The van der Waals surface area contributed by atoms with Gasteiger partial charge in [0, 0.05) is 11.2 Å². The summed E-state index contributed by atoms with van der Waals surface area (Å²) in [6.45, 7) is 0. The molecule has 2 aromatic rings. The summed E-state index contributed by atoms with van der Waals surface area (Å²) in [5.74, 6) is 0. The predicted molar refractivity (Wildman–Crippen MR) is 73.6 cm³/mol. The van der Waals surface area contributed by atoms with Crippen LogP contribution in [0.2, 0.25) is 5.02 Å². The number of nitrogens with one attached hydrogen (secondary N) is 1. The topological polar surface area (TPSA) is 71.4 Å². The summed E-state index contributed by atoms with van der Waals surface area (Å²) in [4.78, 5) is 6.18. The van der Waals surface area contributed by atoms with Gasteiger partial charge in [0.1, 0.15) is 0 Å². The molecule has 5 nitrogen and oxygen atoms in total. The minimum atomic E-state index is -3.68. The zero-order valence-electron chi connectivity index (χ0n) is 9.69. The third-order valence-corrected chi connectivity index (χ3v) is 3.67. The van der Waals surface area contributed by atoms with Crippen molar-refractivity contribution in [1.82, 2.24) is 9.82 Å². The van der Waals surface area contributed by atoms with Gasteiger partial charge in [-0.1, -0.05) is 17.7 Å². The van der Waals surface area contributed by atoms with Crippen molar-refractivity contribution in [1.29, 1.82) is 0 Å². The standard InChI is InChI=1S/C12H10ClN3O2S/c13-10-4-6-12(7-5-10)19(17,18)16-15-9-11-3-1-2-8-14-11/h1-9,16H. The number of hydrazone groups is 1. The van der Waals surface area contributed by atoms with Crippen molar-refractivity contribution in [2.45, 2.75) is 4.90 Å². The first-order chi connectivity index (χ1) is 9.08. The Hall–Kier alpha value is -1.92. The molecule has 1 aromatic heterocycles. The molecule has 0 fully saturated rings. The van der Waals surface area contributed by atoms with E-state index in [4.69, 9.17) is 11.6 Å². The quantitative estimate of drug-likeness (QED) is 0.693. The first-order valence-electron chi connectivity index (χ1n) is 5.29. The summed E-state index contributed by atoms with van der Waals surface area (Å²) in [6, 6.07) is 11.1. The van der Waals surface area contributed by atoms with Crippen LogP contribution in [0.3, 0.4) is 0 Å². The minimum absolute atomic E-state index is 0.0927. The van der Waals surface area contributed by atoms with Crippen molar-refractivity contribution in [3.63, 3.8) is 0 Å². The zero-order chi connectivity index (χ0) is 13.7. The highest BCUT2D eigenvalue weighted by Gasteiger charge is 2.11. The number of aromatic nitrogens is 1. The maximum atomic E-state index is 11.8. The predicted octanol–water partition coefficient (Wildman–Crippen LogP) is 2.05. The van der Waals surface area contributed by atoms with Crippen molar-refractivity contribution in [2.24, 2.45) is 5.10 Å². The van der Waals surface area contributed by atoms with Crippen molar-refractivity contribution in [3.05, 3.63) is 59.4 Å². The van der Waals surface area contributed by atoms with E-state index in [0.717, 1.165) is 0 Å². The van der Waals surface area contributed by atoms with E-state index in [9.17, 15) is 8.42 Å². The van der Waals surface area contributed by atoms with Crippen LogP contribution >= 0.6 is 11.6 Å². The molecule has 1 aromatic carbocycles. The lowest BCUT2D eigenvalue weighted by atomic mass is 10.4. The van der Waals surface area contributed by atoms with Crippen LogP contribution in [0.5, 0.6) is 0 Å². The highest BCUT2D eigenvalue weighted by molar-refractivity contribution is 7.89. The van der Waals surface area contributed by atoms with Gasteiger partial charge >= 0.3 is 0 Å². The number of nitrogens with zero attached hydrogens (tertiary/aromatic N) is 2. The molecule has 7 heteroatoms. The van der Waals surface area contributed by atoms with Gasteiger partial charge < -0.3 is 0 Å². The van der Waals surface area contributed by atoms with Gasteiger partial charge in [0.2, 0.25) is 0 Å². The Morgan fingerprint density at radius 2 is 1.89 bits per heavy atom. The largest absolute Gasteiger partial charge is 0.276 e. The Labute approximate surface area is 116 Å². The van der Waals surface area contributed by atoms with E-state index in [-0.39, 0.29) is 4.90 Å². The first-order valence-corrected chi connectivity index (χ1v) is 7.15. The van der Waals surface area contributed by atoms with E-state index >= 15 is 0 Å². The maximum absolute atomic E-state index is 11.8. The molecule has 1 heterocycles. The normalized spacial score (nSPS) is 11.6. The Morgan fingerprint density at radius 1 is 1.16 bits per heavy atom. The van der Waals surface area contributed by atoms with Gasteiger partial charge in [-0.25, -0.2) is 4.83 Å². The molecule has 98 valence electrons. The SMILES string of the molecule is O=S(=O)(NN=Cc1ccccn1)c1ccc(Cl)cc1. The number of benzene rings is 1. The number of hydrogen-bond acceptors (Lipinski definition) is 4. The Morgan fingerprint density at radius 3 is 2.53 bits per heavy atom. The van der Waals surface area contributed by atoms with Crippen LogP contribution in [0.4, 0.5) is 0 Å². The highest BCUT2D eigenvalue weighted by Crippen LogP contribution is 2.13. The molecule has 1 N–H and O–H groups in total. The molecule has 0 aliphatic heterocycles. The third-order valence-electron chi connectivity index (χ3n) is 2.18. The lowest BCUT2D eigenvalue weighted by Gasteiger charge is -2.02. The van der Waals surface area contributed by atoms with Crippen LogP contribution in [0.25, 0.3) is 0 Å². The second-order valence-electron chi connectivity index (χ2n) is 3.56. The molecule has 0 saturated carbocycles. The van der Waals surface area contributed by atoms with Crippen molar-refractivity contribution in [3.8, 4) is 0 Å². The first kappa shape index (κ1) is 13.5. The smallest absolute Gasteiger partial charge is 0.255 e. The highest BCUT2D eigenvalue weighted by atomic mass is 35.5.